The summed E-state index contributed by atoms with van der Waals surface area (Å²) >= 11 is 0. The van der Waals surface area contributed by atoms with Crippen molar-refractivity contribution >= 4 is 5.78 Å². The molecule has 5 spiro atoms. The minimum Gasteiger partial charge on any atom is -0.393 e. The SMILES string of the molecule is CC1CO[C@]2(OC[C@]34C(=O)C[C@H]5[C@@H](CC[C@H]6CC78N9C%10=C(C[C@@]%11(C)[C@@H](CC[C@H]%12C%13=C[C@@H]%14O[C@]%15(O[C@](C)(CO)C[C@H]%15O)[C@@H](C)[C@]%14(O)[C@@]%13(C)[C@H](O)C[C@@H]%12%11)C%10)N7C98C[C@@]65C)[C@@H]3CC[C@@H]4[C@@H]2C)[C@H](O)C1. The van der Waals surface area contributed by atoms with Gasteiger partial charge in [0.1, 0.15) is 29.7 Å². The topological polar surface area (TPSA) is 161 Å². The van der Waals surface area contributed by atoms with Gasteiger partial charge < -0.3 is 54.3 Å². The van der Waals surface area contributed by atoms with Gasteiger partial charge in [-0.2, -0.15) is 0 Å². The monoisotopic (exact) mass is 913 g/mol. The van der Waals surface area contributed by atoms with Crippen LogP contribution in [0.15, 0.2) is 23.0 Å². The molecule has 362 valence electrons. The summed E-state index contributed by atoms with van der Waals surface area (Å²) in [5, 5.41) is 58.6. The van der Waals surface area contributed by atoms with Gasteiger partial charge in [-0.1, -0.05) is 53.2 Å². The molecule has 12 heteroatoms. The Morgan fingerprint density at radius 1 is 0.758 bits per heavy atom. The molecule has 12 nitrogen and oxygen atoms in total. The number of ether oxygens (including phenoxy) is 4. The van der Waals surface area contributed by atoms with Crippen LogP contribution in [0.25, 0.3) is 0 Å². The number of aliphatic hydroxyl groups is 5. The van der Waals surface area contributed by atoms with E-state index in [4.69, 9.17) is 18.9 Å². The average molecular weight is 913 g/mol. The molecule has 6 saturated heterocycles. The van der Waals surface area contributed by atoms with Gasteiger partial charge in [-0.15, -0.1) is 0 Å². The predicted octanol–water partition coefficient (Wildman–Crippen LogP) is 5.59. The summed E-state index contributed by atoms with van der Waals surface area (Å²) in [5.74, 6) is 0.732. The summed E-state index contributed by atoms with van der Waals surface area (Å²) in [6.07, 6.45) is 12.3. The van der Waals surface area contributed by atoms with Gasteiger partial charge in [-0.3, -0.25) is 4.79 Å². The number of nitrogens with zero attached hydrogens (tertiary/aromatic N) is 2. The fraction of sp³-hybridized carbons (Fsp3) is 0.907. The van der Waals surface area contributed by atoms with Crippen molar-refractivity contribution in [2.45, 2.75) is 197 Å². The fourth-order valence-electron chi connectivity index (χ4n) is 22.2. The van der Waals surface area contributed by atoms with Crippen molar-refractivity contribution in [3.8, 4) is 0 Å². The van der Waals surface area contributed by atoms with Gasteiger partial charge >= 0.3 is 0 Å². The van der Waals surface area contributed by atoms with E-state index in [1.807, 2.05) is 13.8 Å². The van der Waals surface area contributed by atoms with Crippen LogP contribution < -0.4 is 0 Å². The molecule has 66 heavy (non-hydrogen) atoms. The molecule has 0 radical (unpaired) electrons. The Hall–Kier alpha value is -1.61. The van der Waals surface area contributed by atoms with Gasteiger partial charge in [0.05, 0.1) is 36.9 Å². The molecule has 5 N–H and O–H groups in total. The number of ketones is 1. The van der Waals surface area contributed by atoms with Crippen LogP contribution in [0.2, 0.25) is 0 Å². The lowest BCUT2D eigenvalue weighted by Gasteiger charge is -2.62. The highest BCUT2D eigenvalue weighted by molar-refractivity contribution is 5.88. The Kier molecular flexibility index (Phi) is 7.66. The van der Waals surface area contributed by atoms with Crippen molar-refractivity contribution in [3.63, 3.8) is 0 Å². The fourth-order valence-corrected chi connectivity index (χ4v) is 22.2. The van der Waals surface area contributed by atoms with E-state index >= 15 is 4.79 Å². The molecule has 16 aliphatic rings. The zero-order chi connectivity index (χ0) is 45.7. The van der Waals surface area contributed by atoms with Crippen molar-refractivity contribution < 1.29 is 49.3 Å². The summed E-state index contributed by atoms with van der Waals surface area (Å²) < 4.78 is 26.3. The molecule has 0 aromatic heterocycles. The lowest BCUT2D eigenvalue weighted by atomic mass is 9.43. The molecular formula is C54H76N2O10. The van der Waals surface area contributed by atoms with Crippen molar-refractivity contribution in [2.75, 3.05) is 19.8 Å². The number of aliphatic hydroxyl groups excluding tert-OH is 4. The van der Waals surface area contributed by atoms with E-state index in [1.54, 1.807) is 18.3 Å². The van der Waals surface area contributed by atoms with Crippen LogP contribution in [-0.4, -0.2) is 119 Å². The predicted molar refractivity (Wildman–Crippen MR) is 238 cm³/mol. The third kappa shape index (κ3) is 4.04. The Morgan fingerprint density at radius 3 is 2.27 bits per heavy atom. The van der Waals surface area contributed by atoms with Crippen LogP contribution in [0.1, 0.15) is 138 Å². The zero-order valence-corrected chi connectivity index (χ0v) is 40.4. The molecule has 2 bridgehead atoms. The lowest BCUT2D eigenvalue weighted by Crippen LogP contribution is -2.68. The number of hydrogen-bond acceptors (Lipinski definition) is 12. The molecule has 8 aliphatic heterocycles. The van der Waals surface area contributed by atoms with E-state index in [0.717, 1.165) is 50.5 Å². The maximum atomic E-state index is 15.1. The highest BCUT2D eigenvalue weighted by Gasteiger charge is 3.03. The smallest absolute Gasteiger partial charge is 0.201 e. The van der Waals surface area contributed by atoms with Gasteiger partial charge in [-0.25, -0.2) is 0 Å². The summed E-state index contributed by atoms with van der Waals surface area (Å²) in [6, 6.07) is 0. The largest absolute Gasteiger partial charge is 0.393 e. The zero-order valence-electron chi connectivity index (χ0n) is 40.4. The quantitative estimate of drug-likeness (QED) is 0.164. The molecule has 12 fully saturated rings. The van der Waals surface area contributed by atoms with Crippen LogP contribution in [0.4, 0.5) is 0 Å². The van der Waals surface area contributed by atoms with E-state index in [-0.39, 0.29) is 58.9 Å². The number of carbonyl (C=O) groups is 1. The normalized spacial score (nSPS) is 65.2. The highest BCUT2D eigenvalue weighted by Crippen LogP contribution is 2.91. The Morgan fingerprint density at radius 2 is 1.52 bits per heavy atom. The van der Waals surface area contributed by atoms with Crippen LogP contribution in [0, 0.1) is 86.8 Å². The molecule has 0 aromatic carbocycles. The molecular weight excluding hydrogens is 837 g/mol. The first-order valence-corrected chi connectivity index (χ1v) is 26.8. The minimum absolute atomic E-state index is 0.000700. The van der Waals surface area contributed by atoms with Gasteiger partial charge in [-0.05, 0) is 148 Å². The Labute approximate surface area is 390 Å². The second kappa shape index (κ2) is 12.0. The van der Waals surface area contributed by atoms with Crippen molar-refractivity contribution in [1.29, 1.82) is 0 Å². The van der Waals surface area contributed by atoms with E-state index < -0.39 is 63.9 Å². The van der Waals surface area contributed by atoms with Gasteiger partial charge in [0.2, 0.25) is 5.79 Å². The summed E-state index contributed by atoms with van der Waals surface area (Å²) in [7, 11) is 0. The van der Waals surface area contributed by atoms with Crippen LogP contribution in [-0.2, 0) is 23.7 Å². The summed E-state index contributed by atoms with van der Waals surface area (Å²) in [5.41, 5.74) is 0.790. The average Bonchev–Trinajstić information content (AvgIpc) is 3.53. The first-order valence-electron chi connectivity index (χ1n) is 26.8. The molecule has 8 heterocycles. The number of hydrogen-bond donors (Lipinski definition) is 5. The molecule has 0 amide bonds. The number of rotatable bonds is 1. The third-order valence-electron chi connectivity index (χ3n) is 25.4. The summed E-state index contributed by atoms with van der Waals surface area (Å²) in [6.45, 7) is 16.0. The number of allylic oxidation sites excluding steroid dienone is 2. The number of Topliss-reactive ketones (excluding diaryl/α,β-unsaturated/α-hetero) is 1. The molecule has 0 aromatic rings. The van der Waals surface area contributed by atoms with Gasteiger partial charge in [0.25, 0.3) is 0 Å². The molecule has 16 rings (SSSR count). The van der Waals surface area contributed by atoms with Crippen molar-refractivity contribution in [2.24, 2.45) is 86.8 Å². The van der Waals surface area contributed by atoms with Crippen LogP contribution >= 0.6 is 0 Å². The first-order chi connectivity index (χ1) is 31.2. The molecule has 3 unspecified atom stereocenters. The van der Waals surface area contributed by atoms with Crippen LogP contribution in [0.5, 0.6) is 0 Å². The van der Waals surface area contributed by atoms with Crippen molar-refractivity contribution in [1.82, 2.24) is 9.80 Å². The second-order valence-corrected chi connectivity index (χ2v) is 27.2. The highest BCUT2D eigenvalue weighted by atomic mass is 16.7. The first kappa shape index (κ1) is 42.1. The second-order valence-electron chi connectivity index (χ2n) is 27.2. The van der Waals surface area contributed by atoms with E-state index in [0.29, 0.717) is 73.8 Å². The summed E-state index contributed by atoms with van der Waals surface area (Å²) in [4.78, 5) is 20.9. The maximum absolute atomic E-state index is 15.1. The number of carbonyl (C=O) groups excluding carboxylic acids is 1. The van der Waals surface area contributed by atoms with E-state index in [1.165, 1.54) is 19.3 Å². The van der Waals surface area contributed by atoms with E-state index in [9.17, 15) is 25.5 Å². The molecule has 8 aliphatic carbocycles. The maximum Gasteiger partial charge on any atom is 0.201 e. The van der Waals surface area contributed by atoms with E-state index in [2.05, 4.69) is 43.6 Å². The van der Waals surface area contributed by atoms with Gasteiger partial charge in [0, 0.05) is 41.5 Å². The lowest BCUT2D eigenvalue weighted by molar-refractivity contribution is -0.370. The number of fused-ring (bicyclic) bond motifs is 11. The van der Waals surface area contributed by atoms with Crippen molar-refractivity contribution in [3.05, 3.63) is 23.0 Å². The Balaban J connectivity index is 0.693. The molecule has 6 saturated carbocycles. The Bertz CT molecular complexity index is 2330. The third-order valence-corrected chi connectivity index (χ3v) is 25.4. The molecule has 25 atom stereocenters. The van der Waals surface area contributed by atoms with Gasteiger partial charge in [0.15, 0.2) is 17.1 Å². The van der Waals surface area contributed by atoms with Crippen LogP contribution in [0.3, 0.4) is 0 Å². The minimum atomic E-state index is -1.47. The standard InChI is InChI=1S/C54H76N2O10/c1-26-14-42(60)53(63-22-26)27(2)33-12-13-34-31-11-9-30-19-50-51(23-47(30,6)36(31)17-41(59)49(33,34)25-64-53)55(50)38-15-29-8-10-32-35(46(29,5)20-39(38)56(50)51)16-40(58)48(7)37(32)18-44-52(48,62)28(3)54(65-44)43(61)21-45(4,24-57)66-54/h18,26-36,40,42-44,57-58,60-62H,8-17,19-25H2,1-7H3/t26?,27-,28-,29-,30-,31-,32+,33+,34-,35-,36-,40+,42+,43+,44-,45-,46-,47-,48+,49+,50?,51?,52+,53+,54-,55?,56?/m0/s1.